The molecule has 0 aliphatic carbocycles. The van der Waals surface area contributed by atoms with Crippen molar-refractivity contribution in [3.8, 4) is 6.07 Å². The summed E-state index contributed by atoms with van der Waals surface area (Å²) in [6.07, 6.45) is 1.63. The number of likely N-dealkylation sites (tertiary alicyclic amines) is 1. The number of carbonyl (C=O) groups is 2. The van der Waals surface area contributed by atoms with Crippen LogP contribution in [0.4, 0.5) is 5.69 Å². The Morgan fingerprint density at radius 3 is 2.55 bits per heavy atom. The number of aromatic nitrogens is 1. The Hall–Kier alpha value is -3.24. The van der Waals surface area contributed by atoms with Gasteiger partial charge in [-0.15, -0.1) is 11.3 Å². The minimum Gasteiger partial charge on any atom is -0.339 e. The minimum absolute atomic E-state index is 0.00245. The maximum Gasteiger partial charge on any atom is 0.253 e. The summed E-state index contributed by atoms with van der Waals surface area (Å²) in [5.41, 5.74) is 2.23. The molecule has 4 rings (SSSR count). The van der Waals surface area contributed by atoms with Crippen LogP contribution in [0.25, 0.3) is 10.2 Å². The Bertz CT molecular complexity index is 1040. The molecule has 2 aromatic carbocycles. The standard InChI is InChI=1S/C22H20N4O2S/c23-12-9-20(27)24-17-7-5-16(6-8-17)22(28)26-13-10-15(11-14-26)21-25-18-3-1-2-4-19(18)29-21/h1-8,15H,9-11,13-14H2,(H,24,27). The highest BCUT2D eigenvalue weighted by molar-refractivity contribution is 7.18. The molecule has 0 unspecified atom stereocenters. The fourth-order valence-corrected chi connectivity index (χ4v) is 4.69. The lowest BCUT2D eigenvalue weighted by molar-refractivity contribution is -0.115. The van der Waals surface area contributed by atoms with Crippen molar-refractivity contribution in [3.05, 3.63) is 59.1 Å². The van der Waals surface area contributed by atoms with Crippen LogP contribution in [0.15, 0.2) is 48.5 Å². The van der Waals surface area contributed by atoms with E-state index in [-0.39, 0.29) is 18.2 Å². The number of nitriles is 1. The number of nitrogens with one attached hydrogen (secondary N) is 1. The SMILES string of the molecule is N#CCC(=O)Nc1ccc(C(=O)N2CCC(c3nc4ccccc4s3)CC2)cc1. The predicted molar refractivity (Wildman–Crippen MR) is 113 cm³/mol. The van der Waals surface area contributed by atoms with E-state index in [0.717, 1.165) is 23.4 Å². The van der Waals surface area contributed by atoms with E-state index in [1.54, 1.807) is 41.7 Å². The van der Waals surface area contributed by atoms with E-state index in [1.807, 2.05) is 23.1 Å². The second-order valence-corrected chi connectivity index (χ2v) is 8.11. The molecular formula is C22H20N4O2S. The van der Waals surface area contributed by atoms with Crippen LogP contribution in [0.5, 0.6) is 0 Å². The Kier molecular flexibility index (Phi) is 5.54. The van der Waals surface area contributed by atoms with Crippen LogP contribution in [0.3, 0.4) is 0 Å². The van der Waals surface area contributed by atoms with Gasteiger partial charge < -0.3 is 10.2 Å². The molecule has 0 spiro atoms. The van der Waals surface area contributed by atoms with Crippen molar-refractivity contribution in [2.75, 3.05) is 18.4 Å². The third-order valence-electron chi connectivity index (χ3n) is 5.10. The van der Waals surface area contributed by atoms with Gasteiger partial charge in [0.05, 0.1) is 21.3 Å². The second-order valence-electron chi connectivity index (χ2n) is 7.05. The quantitative estimate of drug-likeness (QED) is 0.707. The molecule has 1 aliphatic rings. The summed E-state index contributed by atoms with van der Waals surface area (Å²) >= 11 is 1.75. The molecule has 1 N–H and O–H groups in total. The van der Waals surface area contributed by atoms with E-state index >= 15 is 0 Å². The number of piperidine rings is 1. The summed E-state index contributed by atoms with van der Waals surface area (Å²) in [5, 5.41) is 12.3. The molecule has 1 aliphatic heterocycles. The average Bonchev–Trinajstić information content (AvgIpc) is 3.18. The molecule has 6 nitrogen and oxygen atoms in total. The maximum atomic E-state index is 12.8. The van der Waals surface area contributed by atoms with Crippen LogP contribution in [-0.4, -0.2) is 34.8 Å². The number of hydrogen-bond acceptors (Lipinski definition) is 5. The number of amides is 2. The number of rotatable bonds is 4. The van der Waals surface area contributed by atoms with Crippen LogP contribution in [0.1, 0.15) is 40.5 Å². The molecule has 1 saturated heterocycles. The van der Waals surface area contributed by atoms with Crippen molar-refractivity contribution < 1.29 is 9.59 Å². The van der Waals surface area contributed by atoms with E-state index in [4.69, 9.17) is 10.2 Å². The molecule has 7 heteroatoms. The number of nitrogens with zero attached hydrogens (tertiary/aromatic N) is 3. The highest BCUT2D eigenvalue weighted by Crippen LogP contribution is 2.34. The van der Waals surface area contributed by atoms with Gasteiger partial charge in [-0.2, -0.15) is 5.26 Å². The predicted octanol–water partition coefficient (Wildman–Crippen LogP) is 4.17. The molecule has 29 heavy (non-hydrogen) atoms. The Morgan fingerprint density at radius 2 is 1.86 bits per heavy atom. The van der Waals surface area contributed by atoms with Gasteiger partial charge in [-0.25, -0.2) is 4.98 Å². The van der Waals surface area contributed by atoms with Gasteiger partial charge in [0.2, 0.25) is 5.91 Å². The fraction of sp³-hybridized carbons (Fsp3) is 0.273. The van der Waals surface area contributed by atoms with E-state index in [2.05, 4.69) is 11.4 Å². The summed E-state index contributed by atoms with van der Waals surface area (Å²) in [5.74, 6) is 0.0420. The molecule has 0 radical (unpaired) electrons. The summed E-state index contributed by atoms with van der Waals surface area (Å²) in [4.78, 5) is 30.9. The first-order valence-electron chi connectivity index (χ1n) is 9.55. The minimum atomic E-state index is -0.358. The smallest absolute Gasteiger partial charge is 0.253 e. The van der Waals surface area contributed by atoms with Crippen LogP contribution in [0, 0.1) is 11.3 Å². The molecule has 3 aromatic rings. The van der Waals surface area contributed by atoms with Gasteiger partial charge >= 0.3 is 0 Å². The summed E-state index contributed by atoms with van der Waals surface area (Å²) in [7, 11) is 0. The fourth-order valence-electron chi connectivity index (χ4n) is 3.55. The number of thiazole rings is 1. The first kappa shape index (κ1) is 19.1. The molecule has 0 saturated carbocycles. The molecule has 0 bridgehead atoms. The van der Waals surface area contributed by atoms with E-state index in [0.29, 0.717) is 30.3 Å². The Labute approximate surface area is 172 Å². The molecular weight excluding hydrogens is 384 g/mol. The van der Waals surface area contributed by atoms with Gasteiger partial charge in [0.1, 0.15) is 6.42 Å². The van der Waals surface area contributed by atoms with Gasteiger partial charge in [0.25, 0.3) is 5.91 Å². The van der Waals surface area contributed by atoms with Crippen molar-refractivity contribution >= 4 is 39.1 Å². The number of anilines is 1. The van der Waals surface area contributed by atoms with Crippen molar-refractivity contribution in [1.29, 1.82) is 5.26 Å². The van der Waals surface area contributed by atoms with Gasteiger partial charge in [-0.05, 0) is 49.2 Å². The summed E-state index contributed by atoms with van der Waals surface area (Å²) in [6, 6.07) is 16.8. The third-order valence-corrected chi connectivity index (χ3v) is 6.30. The van der Waals surface area contributed by atoms with Crippen molar-refractivity contribution in [2.45, 2.75) is 25.2 Å². The van der Waals surface area contributed by atoms with Crippen LogP contribution in [0.2, 0.25) is 0 Å². The number of para-hydroxylation sites is 1. The first-order valence-corrected chi connectivity index (χ1v) is 10.4. The highest BCUT2D eigenvalue weighted by atomic mass is 32.1. The second kappa shape index (κ2) is 8.41. The molecule has 1 fully saturated rings. The molecule has 0 atom stereocenters. The third kappa shape index (κ3) is 4.28. The lowest BCUT2D eigenvalue weighted by atomic mass is 9.97. The Balaban J connectivity index is 1.36. The maximum absolute atomic E-state index is 12.8. The average molecular weight is 404 g/mol. The first-order chi connectivity index (χ1) is 14.1. The van der Waals surface area contributed by atoms with Gasteiger partial charge in [0, 0.05) is 30.3 Å². The molecule has 1 aromatic heterocycles. The number of carbonyl (C=O) groups excluding carboxylic acids is 2. The van der Waals surface area contributed by atoms with E-state index in [9.17, 15) is 9.59 Å². The number of fused-ring (bicyclic) bond motifs is 1. The zero-order valence-corrected chi connectivity index (χ0v) is 16.6. The van der Waals surface area contributed by atoms with Crippen LogP contribution >= 0.6 is 11.3 Å². The lowest BCUT2D eigenvalue weighted by Gasteiger charge is -2.31. The molecule has 146 valence electrons. The number of hydrogen-bond donors (Lipinski definition) is 1. The topological polar surface area (TPSA) is 86.1 Å². The molecule has 2 amide bonds. The van der Waals surface area contributed by atoms with Gasteiger partial charge in [-0.3, -0.25) is 9.59 Å². The van der Waals surface area contributed by atoms with Crippen molar-refractivity contribution in [2.24, 2.45) is 0 Å². The van der Waals surface area contributed by atoms with Crippen LogP contribution < -0.4 is 5.32 Å². The van der Waals surface area contributed by atoms with Crippen LogP contribution in [-0.2, 0) is 4.79 Å². The molecule has 2 heterocycles. The zero-order valence-electron chi connectivity index (χ0n) is 15.8. The van der Waals surface area contributed by atoms with Gasteiger partial charge in [-0.1, -0.05) is 12.1 Å². The highest BCUT2D eigenvalue weighted by Gasteiger charge is 2.26. The lowest BCUT2D eigenvalue weighted by Crippen LogP contribution is -2.37. The largest absolute Gasteiger partial charge is 0.339 e. The van der Waals surface area contributed by atoms with Crippen molar-refractivity contribution in [3.63, 3.8) is 0 Å². The van der Waals surface area contributed by atoms with E-state index < -0.39 is 0 Å². The summed E-state index contributed by atoms with van der Waals surface area (Å²) < 4.78 is 1.21. The normalized spacial score (nSPS) is 14.5. The van der Waals surface area contributed by atoms with Crippen molar-refractivity contribution in [1.82, 2.24) is 9.88 Å². The Morgan fingerprint density at radius 1 is 1.14 bits per heavy atom. The number of benzene rings is 2. The van der Waals surface area contributed by atoms with Gasteiger partial charge in [0.15, 0.2) is 0 Å². The zero-order chi connectivity index (χ0) is 20.2. The monoisotopic (exact) mass is 404 g/mol. The van der Waals surface area contributed by atoms with E-state index in [1.165, 1.54) is 4.70 Å². The summed E-state index contributed by atoms with van der Waals surface area (Å²) in [6.45, 7) is 1.42.